The van der Waals surface area contributed by atoms with Gasteiger partial charge in [-0.15, -0.1) is 0 Å². The summed E-state index contributed by atoms with van der Waals surface area (Å²) in [6.45, 7) is 0.506. The van der Waals surface area contributed by atoms with E-state index in [-0.39, 0.29) is 37.0 Å². The second kappa shape index (κ2) is 6.97. The maximum atomic E-state index is 12.6. The summed E-state index contributed by atoms with van der Waals surface area (Å²) < 4.78 is 65.8. The molecule has 3 rings (SSSR count). The smallest absolute Gasteiger partial charge is 0.336 e. The summed E-state index contributed by atoms with van der Waals surface area (Å²) in [5.41, 5.74) is -0.495. The first-order valence-corrected chi connectivity index (χ1v) is 9.48. The highest BCUT2D eigenvalue weighted by Crippen LogP contribution is 2.30. The molecule has 2 heterocycles. The molecule has 1 aliphatic rings. The number of rotatable bonds is 3. The highest BCUT2D eigenvalue weighted by molar-refractivity contribution is 7.89. The molecule has 11 heteroatoms. The van der Waals surface area contributed by atoms with Gasteiger partial charge in [-0.05, 0) is 24.3 Å². The van der Waals surface area contributed by atoms with Gasteiger partial charge in [0, 0.05) is 39.4 Å². The van der Waals surface area contributed by atoms with Crippen molar-refractivity contribution in [1.82, 2.24) is 19.0 Å². The Labute approximate surface area is 154 Å². The van der Waals surface area contributed by atoms with Crippen LogP contribution in [0.1, 0.15) is 15.9 Å². The first-order chi connectivity index (χ1) is 12.6. The highest BCUT2D eigenvalue weighted by atomic mass is 32.2. The van der Waals surface area contributed by atoms with Crippen molar-refractivity contribution >= 4 is 15.9 Å². The van der Waals surface area contributed by atoms with Crippen LogP contribution in [0.4, 0.5) is 13.2 Å². The van der Waals surface area contributed by atoms with Crippen LogP contribution in [0, 0.1) is 0 Å². The van der Waals surface area contributed by atoms with Crippen molar-refractivity contribution in [2.24, 2.45) is 7.05 Å². The van der Waals surface area contributed by atoms with E-state index in [1.54, 1.807) is 13.2 Å². The molecule has 1 aliphatic heterocycles. The summed E-state index contributed by atoms with van der Waals surface area (Å²) in [4.78, 5) is 13.7. The van der Waals surface area contributed by atoms with Crippen LogP contribution in [0.3, 0.4) is 0 Å². The third-order valence-electron chi connectivity index (χ3n) is 4.30. The van der Waals surface area contributed by atoms with Gasteiger partial charge in [0.15, 0.2) is 0 Å². The van der Waals surface area contributed by atoms with Gasteiger partial charge in [0.05, 0.1) is 22.2 Å². The van der Waals surface area contributed by atoms with Gasteiger partial charge in [-0.25, -0.2) is 8.42 Å². The lowest BCUT2D eigenvalue weighted by atomic mass is 10.2. The monoisotopic (exact) mass is 402 g/mol. The van der Waals surface area contributed by atoms with Gasteiger partial charge in [-0.1, -0.05) is 0 Å². The van der Waals surface area contributed by atoms with Crippen molar-refractivity contribution in [3.63, 3.8) is 0 Å². The lowest BCUT2D eigenvalue weighted by Crippen LogP contribution is -2.50. The molecule has 1 amide bonds. The van der Waals surface area contributed by atoms with Crippen LogP contribution >= 0.6 is 0 Å². The number of hydrogen-bond acceptors (Lipinski definition) is 4. The minimum Gasteiger partial charge on any atom is -0.336 e. The molecular weight excluding hydrogens is 385 g/mol. The predicted molar refractivity (Wildman–Crippen MR) is 89.3 cm³/mol. The summed E-state index contributed by atoms with van der Waals surface area (Å²) in [7, 11) is -2.24. The Morgan fingerprint density at radius 1 is 1.07 bits per heavy atom. The minimum absolute atomic E-state index is 0.0648. The van der Waals surface area contributed by atoms with Gasteiger partial charge in [0.1, 0.15) is 0 Å². The minimum atomic E-state index is -4.53. The molecule has 0 spiro atoms. The topological polar surface area (TPSA) is 75.5 Å². The first kappa shape index (κ1) is 19.4. The fraction of sp³-hybridized carbons (Fsp3) is 0.375. The third kappa shape index (κ3) is 3.98. The Balaban J connectivity index is 1.68. The normalized spacial score (nSPS) is 16.5. The van der Waals surface area contributed by atoms with E-state index in [0.717, 1.165) is 24.3 Å². The van der Waals surface area contributed by atoms with Gasteiger partial charge in [0.2, 0.25) is 10.0 Å². The van der Waals surface area contributed by atoms with Crippen molar-refractivity contribution in [3.8, 4) is 0 Å². The number of amides is 1. The number of halogens is 3. The quantitative estimate of drug-likeness (QED) is 0.781. The molecule has 0 N–H and O–H groups in total. The summed E-state index contributed by atoms with van der Waals surface area (Å²) in [6.07, 6.45) is -1.51. The molecule has 0 atom stereocenters. The van der Waals surface area contributed by atoms with E-state index < -0.39 is 21.8 Å². The average molecular weight is 402 g/mol. The van der Waals surface area contributed by atoms with Crippen molar-refractivity contribution in [2.75, 3.05) is 26.2 Å². The van der Waals surface area contributed by atoms with Crippen molar-refractivity contribution in [1.29, 1.82) is 0 Å². The summed E-state index contributed by atoms with van der Waals surface area (Å²) in [5, 5.41) is 3.93. The number of aromatic nitrogens is 2. The Morgan fingerprint density at radius 3 is 2.15 bits per heavy atom. The van der Waals surface area contributed by atoms with Crippen LogP contribution in [-0.2, 0) is 23.2 Å². The van der Waals surface area contributed by atoms with E-state index in [4.69, 9.17) is 0 Å². The van der Waals surface area contributed by atoms with Gasteiger partial charge in [-0.2, -0.15) is 22.6 Å². The lowest BCUT2D eigenvalue weighted by molar-refractivity contribution is -0.137. The zero-order chi connectivity index (χ0) is 19.8. The fourth-order valence-electron chi connectivity index (χ4n) is 2.81. The van der Waals surface area contributed by atoms with Crippen LogP contribution < -0.4 is 0 Å². The van der Waals surface area contributed by atoms with Gasteiger partial charge < -0.3 is 4.90 Å². The molecule has 1 aromatic carbocycles. The van der Waals surface area contributed by atoms with E-state index >= 15 is 0 Å². The largest absolute Gasteiger partial charge is 0.416 e. The molecule has 0 bridgehead atoms. The Bertz CT molecular complexity index is 931. The van der Waals surface area contributed by atoms with Crippen LogP contribution in [0.5, 0.6) is 0 Å². The van der Waals surface area contributed by atoms with E-state index in [9.17, 15) is 26.4 Å². The first-order valence-electron chi connectivity index (χ1n) is 8.04. The Morgan fingerprint density at radius 2 is 1.67 bits per heavy atom. The van der Waals surface area contributed by atoms with Crippen LogP contribution in [-0.4, -0.2) is 59.5 Å². The maximum absolute atomic E-state index is 12.6. The van der Waals surface area contributed by atoms with Gasteiger partial charge in [0.25, 0.3) is 5.91 Å². The van der Waals surface area contributed by atoms with E-state index in [0.29, 0.717) is 5.56 Å². The second-order valence-electron chi connectivity index (χ2n) is 6.12. The Kier molecular flexibility index (Phi) is 5.00. The Hall–Kier alpha value is -2.40. The van der Waals surface area contributed by atoms with Gasteiger partial charge >= 0.3 is 6.18 Å². The van der Waals surface area contributed by atoms with Crippen molar-refractivity contribution < 1.29 is 26.4 Å². The molecule has 1 aromatic heterocycles. The van der Waals surface area contributed by atoms with E-state index in [2.05, 4.69) is 5.10 Å². The van der Waals surface area contributed by atoms with Crippen molar-refractivity contribution in [3.05, 3.63) is 47.8 Å². The second-order valence-corrected chi connectivity index (χ2v) is 8.06. The lowest BCUT2D eigenvalue weighted by Gasteiger charge is -2.33. The highest BCUT2D eigenvalue weighted by Gasteiger charge is 2.33. The molecule has 0 saturated carbocycles. The van der Waals surface area contributed by atoms with Crippen LogP contribution in [0.25, 0.3) is 0 Å². The average Bonchev–Trinajstić information content (AvgIpc) is 3.07. The molecule has 7 nitrogen and oxygen atoms in total. The standard InChI is InChI=1S/C16H17F3N4O3S/c1-21-11-12(10-20-21)15(24)22-6-8-23(9-7-22)27(25,26)14-4-2-13(3-5-14)16(17,18)19/h2-5,10-11H,6-9H2,1H3. The number of aryl methyl sites for hydroxylation is 1. The van der Waals surface area contributed by atoms with Crippen LogP contribution in [0.2, 0.25) is 0 Å². The molecule has 1 saturated heterocycles. The molecule has 27 heavy (non-hydrogen) atoms. The molecular formula is C16H17F3N4O3S. The number of hydrogen-bond donors (Lipinski definition) is 0. The van der Waals surface area contributed by atoms with Crippen molar-refractivity contribution in [2.45, 2.75) is 11.1 Å². The SMILES string of the molecule is Cn1cc(C(=O)N2CCN(S(=O)(=O)c3ccc(C(F)(F)F)cc3)CC2)cn1. The number of sulfonamides is 1. The van der Waals surface area contributed by atoms with Gasteiger partial charge in [-0.3, -0.25) is 9.48 Å². The summed E-state index contributed by atoms with van der Waals surface area (Å²) in [6, 6.07) is 3.39. The number of benzene rings is 1. The number of carbonyl (C=O) groups excluding carboxylic acids is 1. The number of nitrogens with zero attached hydrogens (tertiary/aromatic N) is 4. The number of carbonyl (C=O) groups is 1. The molecule has 0 radical (unpaired) electrons. The zero-order valence-corrected chi connectivity index (χ0v) is 15.2. The number of alkyl halides is 3. The van der Waals surface area contributed by atoms with E-state index in [1.807, 2.05) is 0 Å². The molecule has 146 valence electrons. The summed E-state index contributed by atoms with van der Waals surface area (Å²) in [5.74, 6) is -0.241. The molecule has 0 unspecified atom stereocenters. The van der Waals surface area contributed by atoms with E-state index in [1.165, 1.54) is 20.1 Å². The predicted octanol–water partition coefficient (Wildman–Crippen LogP) is 1.59. The van der Waals surface area contributed by atoms with Crippen LogP contribution in [0.15, 0.2) is 41.6 Å². The zero-order valence-electron chi connectivity index (χ0n) is 14.3. The fourth-order valence-corrected chi connectivity index (χ4v) is 4.23. The molecule has 2 aromatic rings. The molecule has 1 fully saturated rings. The third-order valence-corrected chi connectivity index (χ3v) is 6.21. The summed E-state index contributed by atoms with van der Waals surface area (Å²) >= 11 is 0. The maximum Gasteiger partial charge on any atom is 0.416 e. The molecule has 0 aliphatic carbocycles. The number of piperazine rings is 1.